The van der Waals surface area contributed by atoms with Crippen LogP contribution in [0.4, 0.5) is 4.79 Å². The zero-order chi connectivity index (χ0) is 33.5. The van der Waals surface area contributed by atoms with Crippen LogP contribution in [0, 0.1) is 40.9 Å². The highest BCUT2D eigenvalue weighted by atomic mass is 16.2. The Labute approximate surface area is 279 Å². The molecule has 0 aromatic rings. The highest BCUT2D eigenvalue weighted by molar-refractivity contribution is 6.38. The highest BCUT2D eigenvalue weighted by Gasteiger charge is 2.70. The number of nitrogens with one attached hydrogen (secondary N) is 4. The molecule has 6 aliphatic carbocycles. The summed E-state index contributed by atoms with van der Waals surface area (Å²) in [6.45, 7) is 12.1. The minimum Gasteiger partial charge on any atom is -0.346 e. The van der Waals surface area contributed by atoms with E-state index in [4.69, 9.17) is 0 Å². The molecular weight excluding hydrogens is 594 g/mol. The van der Waals surface area contributed by atoms with Gasteiger partial charge in [0.15, 0.2) is 0 Å². The van der Waals surface area contributed by atoms with Crippen LogP contribution >= 0.6 is 0 Å². The number of amides is 5. The Morgan fingerprint density at radius 2 is 1.53 bits per heavy atom. The van der Waals surface area contributed by atoms with Crippen molar-refractivity contribution in [3.63, 3.8) is 0 Å². The molecule has 0 aromatic carbocycles. The summed E-state index contributed by atoms with van der Waals surface area (Å²) in [5, 5.41) is 11.9. The van der Waals surface area contributed by atoms with Gasteiger partial charge in [0.25, 0.3) is 5.91 Å². The molecule has 1 saturated heterocycles. The number of piperidine rings is 1. The lowest BCUT2D eigenvalue weighted by Crippen LogP contribution is -2.64. The van der Waals surface area contributed by atoms with Gasteiger partial charge in [-0.15, -0.1) is 13.2 Å². The third kappa shape index (κ3) is 6.75. The maximum atomic E-state index is 14.6. The number of Topliss-reactive ketones (excluding diaryl/α,β-unsaturated/α-hetero) is 1. The van der Waals surface area contributed by atoms with E-state index in [2.05, 4.69) is 48.3 Å². The second-order valence-electron chi connectivity index (χ2n) is 16.4. The molecule has 10 heteroatoms. The molecule has 5 amide bonds. The number of nitrogens with zero attached hydrogens (tertiary/aromatic N) is 1. The van der Waals surface area contributed by atoms with Crippen molar-refractivity contribution in [3.05, 3.63) is 25.3 Å². The van der Waals surface area contributed by atoms with Crippen LogP contribution in [0.3, 0.4) is 0 Å². The number of hydrogen-bond donors (Lipinski definition) is 4. The fourth-order valence-corrected chi connectivity index (χ4v) is 10.7. The Kier molecular flexibility index (Phi) is 9.60. The molecule has 1 unspecified atom stereocenters. The number of carbonyl (C=O) groups excluding carboxylic acids is 5. The van der Waals surface area contributed by atoms with Crippen molar-refractivity contribution in [2.24, 2.45) is 40.9 Å². The van der Waals surface area contributed by atoms with Gasteiger partial charge in [0.05, 0.1) is 6.04 Å². The fraction of sp³-hybridized carbons (Fsp3) is 0.757. The van der Waals surface area contributed by atoms with Crippen molar-refractivity contribution in [1.29, 1.82) is 0 Å². The normalized spacial score (nSPS) is 34.4. The van der Waals surface area contributed by atoms with Crippen molar-refractivity contribution < 1.29 is 24.0 Å². The molecule has 1 heterocycles. The molecule has 258 valence electrons. The molecule has 0 aromatic heterocycles. The third-order valence-corrected chi connectivity index (χ3v) is 12.8. The number of ketones is 1. The van der Waals surface area contributed by atoms with E-state index >= 15 is 0 Å². The number of likely N-dealkylation sites (tertiary alicyclic amines) is 1. The molecule has 4 N–H and O–H groups in total. The molecule has 1 aliphatic heterocycles. The predicted octanol–water partition coefficient (Wildman–Crippen LogP) is 4.01. The standard InChI is InChI=1S/C37H55N5O5/c1-5-7-13-27(31(43)33(45)38-14-6-2)39-32(44)30-28-26(36(28,3)4)21-42(30)34(46)29(25-11-9-8-10-12-25)40-35(47)41-37-18-22-15-23(19-37)17-24(16-22)20-37/h5-6,22-30H,1-2,7-21H2,3-4H3,(H,38,45)(H,39,44)(H2,40,41,47)/t22?,23?,24?,26?,27-,28+,29+,30+,37?/m1/s1. The van der Waals surface area contributed by atoms with E-state index in [0.29, 0.717) is 30.7 Å². The molecular formula is C37H55N5O5. The number of carbonyl (C=O) groups is 5. The van der Waals surface area contributed by atoms with Crippen molar-refractivity contribution in [2.45, 2.75) is 121 Å². The quantitative estimate of drug-likeness (QED) is 0.177. The van der Waals surface area contributed by atoms with Gasteiger partial charge in [-0.3, -0.25) is 19.2 Å². The lowest BCUT2D eigenvalue weighted by Gasteiger charge is -2.56. The minimum atomic E-state index is -1.04. The Morgan fingerprint density at radius 3 is 2.13 bits per heavy atom. The van der Waals surface area contributed by atoms with E-state index < -0.39 is 35.7 Å². The van der Waals surface area contributed by atoms with Crippen LogP contribution in [-0.4, -0.2) is 71.2 Å². The van der Waals surface area contributed by atoms with Gasteiger partial charge >= 0.3 is 6.03 Å². The van der Waals surface area contributed by atoms with Crippen molar-refractivity contribution in [2.75, 3.05) is 13.1 Å². The summed E-state index contributed by atoms with van der Waals surface area (Å²) in [6, 6.07) is -2.80. The molecule has 10 nitrogen and oxygen atoms in total. The van der Waals surface area contributed by atoms with Crippen LogP contribution in [0.25, 0.3) is 0 Å². The van der Waals surface area contributed by atoms with Gasteiger partial charge in [-0.05, 0) is 105 Å². The first-order valence-electron chi connectivity index (χ1n) is 18.2. The Bertz CT molecular complexity index is 1250. The maximum Gasteiger partial charge on any atom is 0.315 e. The summed E-state index contributed by atoms with van der Waals surface area (Å²) in [7, 11) is 0. The van der Waals surface area contributed by atoms with E-state index in [1.54, 1.807) is 11.0 Å². The van der Waals surface area contributed by atoms with Crippen LogP contribution in [0.2, 0.25) is 0 Å². The predicted molar refractivity (Wildman–Crippen MR) is 179 cm³/mol. The largest absolute Gasteiger partial charge is 0.346 e. The number of allylic oxidation sites excluding steroid dienone is 1. The number of rotatable bonds is 13. The van der Waals surface area contributed by atoms with Gasteiger partial charge in [0, 0.05) is 18.6 Å². The highest BCUT2D eigenvalue weighted by Crippen LogP contribution is 2.65. The van der Waals surface area contributed by atoms with E-state index in [9.17, 15) is 24.0 Å². The summed E-state index contributed by atoms with van der Waals surface area (Å²) >= 11 is 0. The summed E-state index contributed by atoms with van der Waals surface area (Å²) in [4.78, 5) is 69.8. The first-order chi connectivity index (χ1) is 22.5. The average molecular weight is 650 g/mol. The maximum absolute atomic E-state index is 14.6. The molecule has 47 heavy (non-hydrogen) atoms. The molecule has 6 saturated carbocycles. The lowest BCUT2D eigenvalue weighted by atomic mass is 9.53. The van der Waals surface area contributed by atoms with Crippen molar-refractivity contribution in [1.82, 2.24) is 26.2 Å². The molecule has 4 bridgehead atoms. The average Bonchev–Trinajstić information content (AvgIpc) is 3.34. The van der Waals surface area contributed by atoms with Crippen LogP contribution in [-0.2, 0) is 19.2 Å². The number of hydrogen-bond acceptors (Lipinski definition) is 5. The summed E-state index contributed by atoms with van der Waals surface area (Å²) in [5.74, 6) is 0.000952. The van der Waals surface area contributed by atoms with Crippen LogP contribution in [0.1, 0.15) is 97.3 Å². The van der Waals surface area contributed by atoms with Crippen molar-refractivity contribution in [3.8, 4) is 0 Å². The van der Waals surface area contributed by atoms with Crippen LogP contribution < -0.4 is 21.3 Å². The summed E-state index contributed by atoms with van der Waals surface area (Å²) in [5.41, 5.74) is -0.309. The van der Waals surface area contributed by atoms with Gasteiger partial charge in [0.1, 0.15) is 12.1 Å². The Hall–Kier alpha value is -3.17. The van der Waals surface area contributed by atoms with Gasteiger partial charge in [0.2, 0.25) is 17.6 Å². The SMILES string of the molecule is C=CCC[C@@H](NC(=O)[C@@H]1[C@@H]2C(CN1C(=O)[C@@H](NC(=O)NC13CC4CC(CC(C4)C1)C3)C1CCCCC1)C2(C)C)C(=O)C(=O)NCC=C. The molecule has 0 radical (unpaired) electrons. The second kappa shape index (κ2) is 13.4. The fourth-order valence-electron chi connectivity index (χ4n) is 10.7. The van der Waals surface area contributed by atoms with E-state index in [-0.39, 0.29) is 53.6 Å². The van der Waals surface area contributed by atoms with Crippen LogP contribution in [0.5, 0.6) is 0 Å². The monoisotopic (exact) mass is 649 g/mol. The first-order valence-corrected chi connectivity index (χ1v) is 18.2. The second-order valence-corrected chi connectivity index (χ2v) is 16.4. The van der Waals surface area contributed by atoms with Gasteiger partial charge in [-0.25, -0.2) is 4.79 Å². The molecule has 0 spiro atoms. The number of fused-ring (bicyclic) bond motifs is 1. The molecule has 5 atom stereocenters. The number of urea groups is 1. The van der Waals surface area contributed by atoms with Gasteiger partial charge in [-0.1, -0.05) is 45.3 Å². The van der Waals surface area contributed by atoms with Gasteiger partial charge in [-0.2, -0.15) is 0 Å². The Morgan fingerprint density at radius 1 is 0.894 bits per heavy atom. The molecule has 7 aliphatic rings. The minimum absolute atomic E-state index is 0.00230. The molecule has 7 rings (SSSR count). The zero-order valence-corrected chi connectivity index (χ0v) is 28.4. The zero-order valence-electron chi connectivity index (χ0n) is 28.4. The van der Waals surface area contributed by atoms with E-state index in [1.807, 2.05) is 0 Å². The third-order valence-electron chi connectivity index (χ3n) is 12.8. The summed E-state index contributed by atoms with van der Waals surface area (Å²) in [6.07, 6.45) is 15.6. The first kappa shape index (κ1) is 33.7. The topological polar surface area (TPSA) is 137 Å². The lowest BCUT2D eigenvalue weighted by molar-refractivity contribution is -0.144. The smallest absolute Gasteiger partial charge is 0.315 e. The van der Waals surface area contributed by atoms with Gasteiger partial charge < -0.3 is 26.2 Å². The van der Waals surface area contributed by atoms with Crippen molar-refractivity contribution >= 4 is 29.5 Å². The Balaban J connectivity index is 1.19. The van der Waals surface area contributed by atoms with E-state index in [1.165, 1.54) is 25.3 Å². The van der Waals surface area contributed by atoms with E-state index in [0.717, 1.165) is 51.4 Å². The molecule has 7 fully saturated rings. The van der Waals surface area contributed by atoms with Crippen LogP contribution in [0.15, 0.2) is 25.3 Å². The summed E-state index contributed by atoms with van der Waals surface area (Å²) < 4.78 is 0.